The maximum atomic E-state index is 12.5. The Bertz CT molecular complexity index is 1220. The van der Waals surface area contributed by atoms with E-state index in [0.29, 0.717) is 12.5 Å². The number of para-hydroxylation sites is 2. The summed E-state index contributed by atoms with van der Waals surface area (Å²) in [6.45, 7) is 9.72. The molecule has 33 heavy (non-hydrogen) atoms. The molecule has 2 aromatic carbocycles. The first-order chi connectivity index (χ1) is 15.9. The molecule has 6 heteroatoms. The number of nitrogens with one attached hydrogen (secondary N) is 1. The number of nitrogens with zero attached hydrogens (tertiary/aromatic N) is 2. The first-order valence-corrected chi connectivity index (χ1v) is 11.5. The number of hydrogen-bond acceptors (Lipinski definition) is 4. The van der Waals surface area contributed by atoms with Crippen molar-refractivity contribution < 1.29 is 13.9 Å². The summed E-state index contributed by atoms with van der Waals surface area (Å²) in [5, 5.41) is 3.00. The van der Waals surface area contributed by atoms with Crippen molar-refractivity contribution in [1.82, 2.24) is 14.9 Å². The van der Waals surface area contributed by atoms with Gasteiger partial charge in [0.25, 0.3) is 5.91 Å². The second kappa shape index (κ2) is 9.94. The SMILES string of the molecule is Cc1ccc(C(C)C)c(OCCCn2c([C@H](C)NC(=O)c3ccco3)nc3ccccc32)c1. The van der Waals surface area contributed by atoms with Gasteiger partial charge in [0.15, 0.2) is 5.76 Å². The maximum absolute atomic E-state index is 12.5. The van der Waals surface area contributed by atoms with Crippen LogP contribution in [-0.2, 0) is 6.54 Å². The van der Waals surface area contributed by atoms with Crippen molar-refractivity contribution in [3.05, 3.63) is 83.6 Å². The molecule has 2 heterocycles. The molecule has 4 aromatic rings. The van der Waals surface area contributed by atoms with Crippen LogP contribution in [0.15, 0.2) is 65.3 Å². The molecule has 0 spiro atoms. The molecule has 1 amide bonds. The van der Waals surface area contributed by atoms with Crippen molar-refractivity contribution in [2.75, 3.05) is 6.61 Å². The van der Waals surface area contributed by atoms with Gasteiger partial charge in [-0.05, 0) is 67.6 Å². The first kappa shape index (κ1) is 22.6. The number of imidazole rings is 1. The summed E-state index contributed by atoms with van der Waals surface area (Å²) in [7, 11) is 0. The van der Waals surface area contributed by atoms with Crippen LogP contribution in [0, 0.1) is 6.92 Å². The lowest BCUT2D eigenvalue weighted by Crippen LogP contribution is -2.28. The summed E-state index contributed by atoms with van der Waals surface area (Å²) in [6.07, 6.45) is 2.31. The Morgan fingerprint density at radius 3 is 2.70 bits per heavy atom. The van der Waals surface area contributed by atoms with Gasteiger partial charge in [-0.1, -0.05) is 38.1 Å². The second-order valence-electron chi connectivity index (χ2n) is 8.68. The number of aromatic nitrogens is 2. The Labute approximate surface area is 194 Å². The smallest absolute Gasteiger partial charge is 0.287 e. The number of rotatable bonds is 9. The normalized spacial score (nSPS) is 12.3. The van der Waals surface area contributed by atoms with Crippen LogP contribution in [0.4, 0.5) is 0 Å². The molecule has 0 unspecified atom stereocenters. The van der Waals surface area contributed by atoms with E-state index in [9.17, 15) is 4.79 Å². The Kier molecular flexibility index (Phi) is 6.82. The lowest BCUT2D eigenvalue weighted by molar-refractivity contribution is 0.0909. The van der Waals surface area contributed by atoms with E-state index in [0.717, 1.165) is 35.6 Å². The fourth-order valence-electron chi connectivity index (χ4n) is 4.05. The van der Waals surface area contributed by atoms with Gasteiger partial charge in [0, 0.05) is 6.54 Å². The quantitative estimate of drug-likeness (QED) is 0.320. The topological polar surface area (TPSA) is 69.3 Å². The second-order valence-corrected chi connectivity index (χ2v) is 8.68. The van der Waals surface area contributed by atoms with E-state index in [1.807, 2.05) is 25.1 Å². The number of furan rings is 1. The number of aryl methyl sites for hydroxylation is 2. The van der Waals surface area contributed by atoms with Crippen LogP contribution in [0.5, 0.6) is 5.75 Å². The van der Waals surface area contributed by atoms with Gasteiger partial charge in [-0.25, -0.2) is 4.98 Å². The van der Waals surface area contributed by atoms with Crippen molar-refractivity contribution in [2.24, 2.45) is 0 Å². The van der Waals surface area contributed by atoms with Crippen LogP contribution in [0.3, 0.4) is 0 Å². The zero-order chi connectivity index (χ0) is 23.4. The van der Waals surface area contributed by atoms with Crippen LogP contribution in [0.1, 0.15) is 66.7 Å². The molecule has 0 aliphatic carbocycles. The fourth-order valence-corrected chi connectivity index (χ4v) is 4.05. The highest BCUT2D eigenvalue weighted by Crippen LogP contribution is 2.28. The molecule has 0 aliphatic heterocycles. The molecule has 0 fully saturated rings. The monoisotopic (exact) mass is 445 g/mol. The van der Waals surface area contributed by atoms with E-state index < -0.39 is 0 Å². The van der Waals surface area contributed by atoms with Gasteiger partial charge in [0.05, 0.1) is 29.9 Å². The molecule has 1 N–H and O–H groups in total. The number of benzene rings is 2. The van der Waals surface area contributed by atoms with Gasteiger partial charge in [-0.15, -0.1) is 0 Å². The summed E-state index contributed by atoms with van der Waals surface area (Å²) in [5.41, 5.74) is 4.38. The summed E-state index contributed by atoms with van der Waals surface area (Å²) in [6, 6.07) is 17.5. The van der Waals surface area contributed by atoms with E-state index in [1.165, 1.54) is 17.4 Å². The van der Waals surface area contributed by atoms with Crippen molar-refractivity contribution in [1.29, 1.82) is 0 Å². The third-order valence-corrected chi connectivity index (χ3v) is 5.74. The Morgan fingerprint density at radius 1 is 1.12 bits per heavy atom. The van der Waals surface area contributed by atoms with Crippen molar-refractivity contribution in [2.45, 2.75) is 52.6 Å². The van der Waals surface area contributed by atoms with Crippen molar-refractivity contribution >= 4 is 16.9 Å². The molecule has 4 rings (SSSR count). The van der Waals surface area contributed by atoms with E-state index in [4.69, 9.17) is 14.1 Å². The Morgan fingerprint density at radius 2 is 1.94 bits per heavy atom. The van der Waals surface area contributed by atoms with Gasteiger partial charge in [-0.3, -0.25) is 4.79 Å². The molecule has 0 saturated carbocycles. The van der Waals surface area contributed by atoms with E-state index in [2.05, 4.69) is 54.9 Å². The maximum Gasteiger partial charge on any atom is 0.287 e. The minimum absolute atomic E-state index is 0.255. The molecule has 6 nitrogen and oxygen atoms in total. The van der Waals surface area contributed by atoms with E-state index in [1.54, 1.807) is 12.1 Å². The number of carbonyl (C=O) groups is 1. The fraction of sp³-hybridized carbons (Fsp3) is 0.333. The molecule has 0 saturated heterocycles. The summed E-state index contributed by atoms with van der Waals surface area (Å²) >= 11 is 0. The molecule has 172 valence electrons. The predicted octanol–water partition coefficient (Wildman–Crippen LogP) is 6.02. The number of carbonyl (C=O) groups excluding carboxylic acids is 1. The lowest BCUT2D eigenvalue weighted by atomic mass is 10.0. The highest BCUT2D eigenvalue weighted by atomic mass is 16.5. The Hall–Kier alpha value is -3.54. The molecule has 2 aromatic heterocycles. The van der Waals surface area contributed by atoms with Crippen LogP contribution >= 0.6 is 0 Å². The average molecular weight is 446 g/mol. The van der Waals surface area contributed by atoms with E-state index >= 15 is 0 Å². The zero-order valence-electron chi connectivity index (χ0n) is 19.7. The first-order valence-electron chi connectivity index (χ1n) is 11.5. The number of fused-ring (bicyclic) bond motifs is 1. The van der Waals surface area contributed by atoms with Gasteiger partial charge < -0.3 is 19.0 Å². The standard InChI is InChI=1S/C27H31N3O3/c1-18(2)21-13-12-19(3)17-25(21)33-16-8-14-30-23-10-6-5-9-22(23)29-26(30)20(4)28-27(31)24-11-7-15-32-24/h5-7,9-13,15,17-18,20H,8,14,16H2,1-4H3,(H,28,31)/t20-/m0/s1. The molecule has 0 radical (unpaired) electrons. The summed E-state index contributed by atoms with van der Waals surface area (Å²) in [4.78, 5) is 17.3. The van der Waals surface area contributed by atoms with Crippen LogP contribution in [-0.4, -0.2) is 22.1 Å². The van der Waals surface area contributed by atoms with Crippen LogP contribution in [0.25, 0.3) is 11.0 Å². The van der Waals surface area contributed by atoms with Crippen molar-refractivity contribution in [3.63, 3.8) is 0 Å². The van der Waals surface area contributed by atoms with Crippen molar-refractivity contribution in [3.8, 4) is 5.75 Å². The average Bonchev–Trinajstić information content (AvgIpc) is 3.45. The highest BCUT2D eigenvalue weighted by Gasteiger charge is 2.20. The highest BCUT2D eigenvalue weighted by molar-refractivity contribution is 5.91. The number of ether oxygens (including phenoxy) is 1. The summed E-state index contributed by atoms with van der Waals surface area (Å²) in [5.74, 6) is 2.21. The Balaban J connectivity index is 1.48. The predicted molar refractivity (Wildman–Crippen MR) is 130 cm³/mol. The third-order valence-electron chi connectivity index (χ3n) is 5.74. The number of hydrogen-bond donors (Lipinski definition) is 1. The number of amides is 1. The largest absolute Gasteiger partial charge is 0.493 e. The van der Waals surface area contributed by atoms with Gasteiger partial charge in [-0.2, -0.15) is 0 Å². The zero-order valence-corrected chi connectivity index (χ0v) is 19.7. The molecule has 0 bridgehead atoms. The summed E-state index contributed by atoms with van der Waals surface area (Å²) < 4.78 is 13.6. The lowest BCUT2D eigenvalue weighted by Gasteiger charge is -2.17. The molecule has 1 atom stereocenters. The minimum Gasteiger partial charge on any atom is -0.493 e. The third kappa shape index (κ3) is 5.11. The van der Waals surface area contributed by atoms with Crippen LogP contribution in [0.2, 0.25) is 0 Å². The molecular weight excluding hydrogens is 414 g/mol. The minimum atomic E-state index is -0.278. The van der Waals surface area contributed by atoms with Gasteiger partial charge in [0.1, 0.15) is 11.6 Å². The van der Waals surface area contributed by atoms with E-state index in [-0.39, 0.29) is 17.7 Å². The van der Waals surface area contributed by atoms with Crippen LogP contribution < -0.4 is 10.1 Å². The molecule has 0 aliphatic rings. The van der Waals surface area contributed by atoms with Gasteiger partial charge in [0.2, 0.25) is 0 Å². The molecular formula is C27H31N3O3. The van der Waals surface area contributed by atoms with Gasteiger partial charge >= 0.3 is 0 Å².